The number of aryl methyl sites for hydroxylation is 1. The summed E-state index contributed by atoms with van der Waals surface area (Å²) < 4.78 is 21.2. The van der Waals surface area contributed by atoms with Gasteiger partial charge in [0.2, 0.25) is 5.91 Å². The molecule has 2 rings (SSSR count). The molecule has 2 atom stereocenters. The fourth-order valence-corrected chi connectivity index (χ4v) is 2.57. The van der Waals surface area contributed by atoms with E-state index in [1.54, 1.807) is 33.9 Å². The fraction of sp³-hybridized carbons (Fsp3) is 0.643. The minimum absolute atomic E-state index is 0.0565. The number of likely N-dealkylation sites (tertiary alicyclic amines) is 1. The van der Waals surface area contributed by atoms with Crippen LogP contribution in [-0.4, -0.2) is 51.0 Å². The Morgan fingerprint density at radius 2 is 2.13 bits per heavy atom. The Hall–Kier alpha value is -1.64. The number of carbonyl (C=O) groups is 2. The Morgan fingerprint density at radius 1 is 1.48 bits per heavy atom. The van der Waals surface area contributed by atoms with E-state index in [2.05, 4.69) is 26.3 Å². The number of amides is 2. The van der Waals surface area contributed by atoms with Gasteiger partial charge in [0.25, 0.3) is 0 Å². The number of alkyl halides is 1. The van der Waals surface area contributed by atoms with Crippen LogP contribution in [0.3, 0.4) is 0 Å². The fourth-order valence-electron chi connectivity index (χ4n) is 2.27. The van der Waals surface area contributed by atoms with Crippen molar-refractivity contribution in [2.45, 2.75) is 45.0 Å². The maximum absolute atomic E-state index is 13.7. The molecule has 1 fully saturated rings. The highest BCUT2D eigenvalue weighted by molar-refractivity contribution is 9.10. The van der Waals surface area contributed by atoms with Crippen LogP contribution in [0.2, 0.25) is 0 Å². The van der Waals surface area contributed by atoms with Crippen LogP contribution in [0.5, 0.6) is 0 Å². The number of halogens is 2. The monoisotopic (exact) mass is 390 g/mol. The van der Waals surface area contributed by atoms with Crippen molar-refractivity contribution in [3.8, 4) is 0 Å². The molecule has 0 aromatic carbocycles. The van der Waals surface area contributed by atoms with Gasteiger partial charge >= 0.3 is 6.09 Å². The van der Waals surface area contributed by atoms with Gasteiger partial charge in [-0.25, -0.2) is 9.18 Å². The second kappa shape index (κ2) is 6.46. The minimum Gasteiger partial charge on any atom is -0.444 e. The van der Waals surface area contributed by atoms with Crippen molar-refractivity contribution in [2.75, 3.05) is 11.9 Å². The van der Waals surface area contributed by atoms with Gasteiger partial charge in [0.05, 0.1) is 6.54 Å². The van der Waals surface area contributed by atoms with Gasteiger partial charge in [-0.05, 0) is 36.7 Å². The number of carbonyl (C=O) groups excluding carboxylic acids is 2. The highest BCUT2D eigenvalue weighted by Gasteiger charge is 2.41. The summed E-state index contributed by atoms with van der Waals surface area (Å²) in [4.78, 5) is 25.7. The summed E-state index contributed by atoms with van der Waals surface area (Å²) in [7, 11) is 1.71. The molecule has 0 saturated carbocycles. The van der Waals surface area contributed by atoms with Gasteiger partial charge in [-0.15, -0.1) is 0 Å². The molecule has 1 aromatic rings. The summed E-state index contributed by atoms with van der Waals surface area (Å²) >= 11 is 3.27. The lowest BCUT2D eigenvalue weighted by Gasteiger charge is -2.27. The molecule has 9 heteroatoms. The number of aromatic nitrogens is 2. The number of anilines is 1. The Morgan fingerprint density at radius 3 is 2.65 bits per heavy atom. The second-order valence-electron chi connectivity index (χ2n) is 6.45. The molecule has 0 bridgehead atoms. The number of nitrogens with zero attached hydrogens (tertiary/aromatic N) is 3. The number of rotatable bonds is 2. The Labute approximate surface area is 142 Å². The molecule has 1 saturated heterocycles. The largest absolute Gasteiger partial charge is 0.444 e. The molecule has 1 N–H and O–H groups in total. The average molecular weight is 391 g/mol. The molecule has 0 radical (unpaired) electrons. The van der Waals surface area contributed by atoms with E-state index in [-0.39, 0.29) is 13.0 Å². The van der Waals surface area contributed by atoms with Crippen molar-refractivity contribution in [3.05, 3.63) is 10.7 Å². The van der Waals surface area contributed by atoms with Gasteiger partial charge in [-0.1, -0.05) is 0 Å². The highest BCUT2D eigenvalue weighted by atomic mass is 79.9. The molecule has 2 heterocycles. The van der Waals surface area contributed by atoms with Gasteiger partial charge in [0, 0.05) is 19.5 Å². The van der Waals surface area contributed by atoms with E-state index in [0.717, 1.165) is 4.90 Å². The van der Waals surface area contributed by atoms with E-state index < -0.39 is 29.8 Å². The molecule has 0 aliphatic carbocycles. The molecule has 1 aliphatic heterocycles. The first-order valence-corrected chi connectivity index (χ1v) is 8.00. The normalized spacial score (nSPS) is 21.4. The maximum Gasteiger partial charge on any atom is 0.411 e. The molecule has 1 aromatic heterocycles. The highest BCUT2D eigenvalue weighted by Crippen LogP contribution is 2.24. The van der Waals surface area contributed by atoms with Gasteiger partial charge in [0.1, 0.15) is 22.4 Å². The van der Waals surface area contributed by atoms with Crippen LogP contribution < -0.4 is 5.32 Å². The van der Waals surface area contributed by atoms with Crippen LogP contribution in [0.1, 0.15) is 27.2 Å². The third kappa shape index (κ3) is 4.43. The van der Waals surface area contributed by atoms with Gasteiger partial charge in [-0.2, -0.15) is 5.10 Å². The molecule has 128 valence electrons. The predicted molar refractivity (Wildman–Crippen MR) is 85.8 cm³/mol. The summed E-state index contributed by atoms with van der Waals surface area (Å²) in [5.74, 6) is -0.155. The van der Waals surface area contributed by atoms with Crippen molar-refractivity contribution < 1.29 is 18.7 Å². The number of hydrogen-bond donors (Lipinski definition) is 1. The number of nitrogens with one attached hydrogen (secondary N) is 1. The molecule has 0 spiro atoms. The summed E-state index contributed by atoms with van der Waals surface area (Å²) in [5.41, 5.74) is -0.710. The maximum atomic E-state index is 13.7. The Bertz CT molecular complexity index is 594. The third-order valence-electron chi connectivity index (χ3n) is 3.25. The van der Waals surface area contributed by atoms with Crippen molar-refractivity contribution in [2.24, 2.45) is 7.05 Å². The van der Waals surface area contributed by atoms with E-state index in [9.17, 15) is 14.0 Å². The Balaban J connectivity index is 2.09. The first-order valence-electron chi connectivity index (χ1n) is 7.21. The van der Waals surface area contributed by atoms with Crippen LogP contribution in [0.25, 0.3) is 0 Å². The van der Waals surface area contributed by atoms with E-state index in [0.29, 0.717) is 10.4 Å². The van der Waals surface area contributed by atoms with Crippen molar-refractivity contribution in [3.63, 3.8) is 0 Å². The first-order chi connectivity index (χ1) is 10.6. The summed E-state index contributed by atoms with van der Waals surface area (Å²) in [6, 6.07) is 0.707. The summed E-state index contributed by atoms with van der Waals surface area (Å²) in [6.07, 6.45) is -2.01. The molecule has 7 nitrogen and oxygen atoms in total. The van der Waals surface area contributed by atoms with Crippen LogP contribution in [-0.2, 0) is 16.6 Å². The van der Waals surface area contributed by atoms with Crippen LogP contribution >= 0.6 is 15.9 Å². The van der Waals surface area contributed by atoms with Crippen LogP contribution in [0.15, 0.2) is 10.7 Å². The third-order valence-corrected chi connectivity index (χ3v) is 4.00. The molecule has 2 amide bonds. The lowest BCUT2D eigenvalue weighted by atomic mass is 10.2. The van der Waals surface area contributed by atoms with Crippen molar-refractivity contribution in [1.29, 1.82) is 0 Å². The minimum atomic E-state index is -1.26. The molecule has 23 heavy (non-hydrogen) atoms. The number of hydrogen-bond acceptors (Lipinski definition) is 4. The Kier molecular flexibility index (Phi) is 4.98. The van der Waals surface area contributed by atoms with Gasteiger partial charge in [-0.3, -0.25) is 14.4 Å². The molecular weight excluding hydrogens is 371 g/mol. The zero-order valence-electron chi connectivity index (χ0n) is 13.5. The lowest BCUT2D eigenvalue weighted by molar-refractivity contribution is -0.120. The van der Waals surface area contributed by atoms with E-state index in [4.69, 9.17) is 4.74 Å². The standard InChI is InChI=1S/C14H20BrFN4O3/c1-14(2,3)23-13(22)20-7-8(16)5-9(20)12(21)17-11-6-10(15)19(4)18-11/h6,8-9H,5,7H2,1-4H3,(H,17,18,21)/t8-,9+/m1/s1. The number of ether oxygens (including phenoxy) is 1. The van der Waals surface area contributed by atoms with Crippen LogP contribution in [0.4, 0.5) is 15.0 Å². The van der Waals surface area contributed by atoms with Crippen LogP contribution in [0, 0.1) is 0 Å². The van der Waals surface area contributed by atoms with Gasteiger partial charge < -0.3 is 10.1 Å². The molecule has 1 aliphatic rings. The van der Waals surface area contributed by atoms with Gasteiger partial charge in [0.15, 0.2) is 5.82 Å². The van der Waals surface area contributed by atoms with E-state index in [1.807, 2.05) is 0 Å². The SMILES string of the molecule is Cn1nc(NC(=O)[C@@H]2C[C@@H](F)CN2C(=O)OC(C)(C)C)cc1Br. The zero-order valence-corrected chi connectivity index (χ0v) is 15.1. The first kappa shape index (κ1) is 17.7. The summed E-state index contributed by atoms with van der Waals surface area (Å²) in [6.45, 7) is 5.00. The molecular formula is C14H20BrFN4O3. The quantitative estimate of drug-likeness (QED) is 0.841. The predicted octanol–water partition coefficient (Wildman–Crippen LogP) is 2.47. The smallest absolute Gasteiger partial charge is 0.411 e. The van der Waals surface area contributed by atoms with E-state index >= 15 is 0 Å². The average Bonchev–Trinajstić information content (AvgIpc) is 2.91. The summed E-state index contributed by atoms with van der Waals surface area (Å²) in [5, 5.41) is 6.68. The van der Waals surface area contributed by atoms with Crippen molar-refractivity contribution >= 4 is 33.7 Å². The lowest BCUT2D eigenvalue weighted by Crippen LogP contribution is -2.45. The molecule has 0 unspecified atom stereocenters. The van der Waals surface area contributed by atoms with Crippen molar-refractivity contribution in [1.82, 2.24) is 14.7 Å². The second-order valence-corrected chi connectivity index (χ2v) is 7.26. The van der Waals surface area contributed by atoms with E-state index in [1.165, 1.54) is 4.68 Å². The topological polar surface area (TPSA) is 76.5 Å². The zero-order chi connectivity index (χ0) is 17.4.